The standard InChI is InChI=1S/C16H17BrFNO2/c1-19-15(10-5-4-6-11(18)9-10)12-7-8-13(20-2)14(17)16(12)21-3/h4-9,15,19H,1-3H3. The van der Waals surface area contributed by atoms with Crippen LogP contribution in [0.2, 0.25) is 0 Å². The third-order valence-corrected chi connectivity index (χ3v) is 4.05. The minimum atomic E-state index is -0.265. The van der Waals surface area contributed by atoms with E-state index in [9.17, 15) is 4.39 Å². The van der Waals surface area contributed by atoms with E-state index >= 15 is 0 Å². The van der Waals surface area contributed by atoms with Crippen LogP contribution < -0.4 is 14.8 Å². The molecule has 0 spiro atoms. The molecule has 0 heterocycles. The summed E-state index contributed by atoms with van der Waals surface area (Å²) in [6, 6.07) is 10.1. The van der Waals surface area contributed by atoms with Gasteiger partial charge in [0.15, 0.2) is 0 Å². The number of rotatable bonds is 5. The molecule has 0 bridgehead atoms. The lowest BCUT2D eigenvalue weighted by molar-refractivity contribution is 0.383. The molecule has 0 fully saturated rings. The Bertz CT molecular complexity index is 634. The molecule has 0 aliphatic heterocycles. The first kappa shape index (κ1) is 15.8. The van der Waals surface area contributed by atoms with Crippen LogP contribution in [0.15, 0.2) is 40.9 Å². The largest absolute Gasteiger partial charge is 0.495 e. The van der Waals surface area contributed by atoms with E-state index in [1.54, 1.807) is 20.3 Å². The van der Waals surface area contributed by atoms with Gasteiger partial charge in [0.1, 0.15) is 21.8 Å². The van der Waals surface area contributed by atoms with Crippen molar-refractivity contribution >= 4 is 15.9 Å². The molecule has 1 atom stereocenters. The second kappa shape index (κ2) is 6.91. The SMILES string of the molecule is CNC(c1cccc(F)c1)c1ccc(OC)c(Br)c1OC. The summed E-state index contributed by atoms with van der Waals surface area (Å²) in [5, 5.41) is 3.19. The first-order chi connectivity index (χ1) is 10.1. The molecule has 0 aromatic heterocycles. The van der Waals surface area contributed by atoms with E-state index < -0.39 is 0 Å². The Morgan fingerprint density at radius 2 is 1.90 bits per heavy atom. The topological polar surface area (TPSA) is 30.5 Å². The molecule has 0 aliphatic rings. The number of hydrogen-bond donors (Lipinski definition) is 1. The first-order valence-corrected chi connectivity index (χ1v) is 7.24. The zero-order valence-corrected chi connectivity index (χ0v) is 13.7. The highest BCUT2D eigenvalue weighted by atomic mass is 79.9. The summed E-state index contributed by atoms with van der Waals surface area (Å²) in [5.41, 5.74) is 1.73. The second-order valence-corrected chi connectivity index (χ2v) is 5.27. The Morgan fingerprint density at radius 3 is 2.48 bits per heavy atom. The molecule has 112 valence electrons. The molecular formula is C16H17BrFNO2. The molecule has 21 heavy (non-hydrogen) atoms. The van der Waals surface area contributed by atoms with Crippen molar-refractivity contribution in [2.45, 2.75) is 6.04 Å². The van der Waals surface area contributed by atoms with Gasteiger partial charge in [-0.15, -0.1) is 0 Å². The molecular weight excluding hydrogens is 337 g/mol. The maximum atomic E-state index is 13.5. The Kier molecular flexibility index (Phi) is 5.20. The number of nitrogens with one attached hydrogen (secondary N) is 1. The van der Waals surface area contributed by atoms with Crippen LogP contribution in [0, 0.1) is 5.82 Å². The predicted molar refractivity (Wildman–Crippen MR) is 84.5 cm³/mol. The van der Waals surface area contributed by atoms with Crippen molar-refractivity contribution in [3.63, 3.8) is 0 Å². The zero-order chi connectivity index (χ0) is 15.4. The molecule has 5 heteroatoms. The van der Waals surface area contributed by atoms with Gasteiger partial charge in [-0.1, -0.05) is 12.1 Å². The van der Waals surface area contributed by atoms with E-state index in [1.807, 2.05) is 25.2 Å². The van der Waals surface area contributed by atoms with E-state index in [0.717, 1.165) is 15.6 Å². The van der Waals surface area contributed by atoms with Gasteiger partial charge < -0.3 is 14.8 Å². The highest BCUT2D eigenvalue weighted by molar-refractivity contribution is 9.10. The third-order valence-electron chi connectivity index (χ3n) is 3.30. The van der Waals surface area contributed by atoms with E-state index in [0.29, 0.717) is 11.5 Å². The minimum absolute atomic E-state index is 0.183. The number of ether oxygens (including phenoxy) is 2. The number of benzene rings is 2. The summed E-state index contributed by atoms with van der Waals surface area (Å²) < 4.78 is 25.0. The average molecular weight is 354 g/mol. The van der Waals surface area contributed by atoms with Gasteiger partial charge in [0.25, 0.3) is 0 Å². The maximum Gasteiger partial charge on any atom is 0.141 e. The normalized spacial score (nSPS) is 12.0. The number of halogens is 2. The highest BCUT2D eigenvalue weighted by Gasteiger charge is 2.21. The molecule has 0 amide bonds. The average Bonchev–Trinajstić information content (AvgIpc) is 2.48. The van der Waals surface area contributed by atoms with E-state index in [2.05, 4.69) is 21.2 Å². The quantitative estimate of drug-likeness (QED) is 0.883. The van der Waals surface area contributed by atoms with Gasteiger partial charge >= 0.3 is 0 Å². The smallest absolute Gasteiger partial charge is 0.141 e. The van der Waals surface area contributed by atoms with Crippen LogP contribution >= 0.6 is 15.9 Å². The van der Waals surface area contributed by atoms with Crippen molar-refractivity contribution in [1.29, 1.82) is 0 Å². The van der Waals surface area contributed by atoms with Gasteiger partial charge in [0.05, 0.1) is 20.3 Å². The summed E-state index contributed by atoms with van der Waals surface area (Å²) in [7, 11) is 5.02. The van der Waals surface area contributed by atoms with Crippen LogP contribution in [0.5, 0.6) is 11.5 Å². The second-order valence-electron chi connectivity index (χ2n) is 4.48. The molecule has 2 aromatic rings. The molecule has 2 rings (SSSR count). The van der Waals surface area contributed by atoms with Crippen molar-refractivity contribution in [3.8, 4) is 11.5 Å². The fraction of sp³-hybridized carbons (Fsp3) is 0.250. The Morgan fingerprint density at radius 1 is 1.14 bits per heavy atom. The van der Waals surface area contributed by atoms with Crippen molar-refractivity contribution in [3.05, 3.63) is 57.8 Å². The van der Waals surface area contributed by atoms with Crippen molar-refractivity contribution in [2.24, 2.45) is 0 Å². The third kappa shape index (κ3) is 3.19. The molecule has 3 nitrogen and oxygen atoms in total. The fourth-order valence-corrected chi connectivity index (χ4v) is 3.02. The van der Waals surface area contributed by atoms with Crippen LogP contribution in [-0.2, 0) is 0 Å². The van der Waals surface area contributed by atoms with E-state index in [1.165, 1.54) is 12.1 Å². The maximum absolute atomic E-state index is 13.5. The fourth-order valence-electron chi connectivity index (χ4n) is 2.33. The first-order valence-electron chi connectivity index (χ1n) is 6.45. The molecule has 0 radical (unpaired) electrons. The molecule has 0 saturated heterocycles. The molecule has 1 unspecified atom stereocenters. The molecule has 0 aliphatic carbocycles. The van der Waals surface area contributed by atoms with Gasteiger partial charge in [-0.3, -0.25) is 0 Å². The predicted octanol–water partition coefficient (Wildman–Crippen LogP) is 3.91. The van der Waals surface area contributed by atoms with Crippen LogP contribution in [0.25, 0.3) is 0 Å². The summed E-state index contributed by atoms with van der Waals surface area (Å²) in [4.78, 5) is 0. The van der Waals surface area contributed by atoms with Gasteiger partial charge in [-0.2, -0.15) is 0 Å². The molecule has 2 aromatic carbocycles. The molecule has 0 saturated carbocycles. The Balaban J connectivity index is 2.55. The van der Waals surface area contributed by atoms with Crippen LogP contribution in [0.4, 0.5) is 4.39 Å². The molecule has 1 N–H and O–H groups in total. The minimum Gasteiger partial charge on any atom is -0.495 e. The van der Waals surface area contributed by atoms with E-state index in [-0.39, 0.29) is 11.9 Å². The van der Waals surface area contributed by atoms with Crippen molar-refractivity contribution in [1.82, 2.24) is 5.32 Å². The summed E-state index contributed by atoms with van der Waals surface area (Å²) in [5.74, 6) is 1.09. The summed E-state index contributed by atoms with van der Waals surface area (Å²) >= 11 is 3.49. The lowest BCUT2D eigenvalue weighted by Gasteiger charge is -2.21. The summed E-state index contributed by atoms with van der Waals surface area (Å²) in [6.45, 7) is 0. The number of hydrogen-bond acceptors (Lipinski definition) is 3. The van der Waals surface area contributed by atoms with E-state index in [4.69, 9.17) is 9.47 Å². The highest BCUT2D eigenvalue weighted by Crippen LogP contribution is 2.41. The monoisotopic (exact) mass is 353 g/mol. The van der Waals surface area contributed by atoms with Crippen molar-refractivity contribution in [2.75, 3.05) is 21.3 Å². The lowest BCUT2D eigenvalue weighted by Crippen LogP contribution is -2.18. The lowest BCUT2D eigenvalue weighted by atomic mass is 9.97. The summed E-state index contributed by atoms with van der Waals surface area (Å²) in [6.07, 6.45) is 0. The van der Waals surface area contributed by atoms with Gasteiger partial charge in [-0.05, 0) is 52.8 Å². The number of methoxy groups -OCH3 is 2. The Hall–Kier alpha value is -1.59. The van der Waals surface area contributed by atoms with Crippen LogP contribution in [0.3, 0.4) is 0 Å². The Labute approximate surface area is 132 Å². The van der Waals surface area contributed by atoms with Gasteiger partial charge in [-0.25, -0.2) is 4.39 Å². The van der Waals surface area contributed by atoms with Crippen LogP contribution in [0.1, 0.15) is 17.2 Å². The zero-order valence-electron chi connectivity index (χ0n) is 12.1. The van der Waals surface area contributed by atoms with Crippen molar-refractivity contribution < 1.29 is 13.9 Å². The van der Waals surface area contributed by atoms with Gasteiger partial charge in [0.2, 0.25) is 0 Å². The van der Waals surface area contributed by atoms with Gasteiger partial charge in [0, 0.05) is 5.56 Å². The van der Waals surface area contributed by atoms with Crippen LogP contribution in [-0.4, -0.2) is 21.3 Å².